The maximum atomic E-state index is 13.4. The molecule has 1 aromatic carbocycles. The molecule has 7 heteroatoms. The van der Waals surface area contributed by atoms with Crippen LogP contribution in [0.5, 0.6) is 5.75 Å². The molecule has 1 aromatic rings. The van der Waals surface area contributed by atoms with Crippen molar-refractivity contribution in [2.45, 2.75) is 37.5 Å². The number of guanidine groups is 1. The minimum Gasteiger partial charge on any atom is -0.489 e. The van der Waals surface area contributed by atoms with E-state index in [2.05, 4.69) is 15.6 Å². The van der Waals surface area contributed by atoms with Gasteiger partial charge in [0.25, 0.3) is 0 Å². The first-order valence-corrected chi connectivity index (χ1v) is 7.86. The van der Waals surface area contributed by atoms with Gasteiger partial charge in [0, 0.05) is 13.1 Å². The highest BCUT2D eigenvalue weighted by Crippen LogP contribution is 2.34. The summed E-state index contributed by atoms with van der Waals surface area (Å²) in [7, 11) is 1.70. The minimum absolute atomic E-state index is 0.0395. The van der Waals surface area contributed by atoms with Crippen LogP contribution in [0.1, 0.15) is 19.3 Å². The Balaban J connectivity index is 1.40. The van der Waals surface area contributed by atoms with Gasteiger partial charge in [0.05, 0.1) is 24.8 Å². The van der Waals surface area contributed by atoms with Crippen molar-refractivity contribution < 1.29 is 18.3 Å². The Morgan fingerprint density at radius 3 is 2.91 bits per heavy atom. The molecule has 23 heavy (non-hydrogen) atoms. The topological polar surface area (TPSA) is 54.9 Å². The largest absolute Gasteiger partial charge is 0.489 e. The monoisotopic (exact) mass is 325 g/mol. The van der Waals surface area contributed by atoms with Crippen LogP contribution in [0.3, 0.4) is 0 Å². The number of fused-ring (bicyclic) bond motifs is 2. The predicted molar refractivity (Wildman–Crippen MR) is 82.7 cm³/mol. The number of hydrogen-bond acceptors (Lipinski definition) is 3. The molecule has 3 rings (SSSR count). The molecule has 3 unspecified atom stereocenters. The molecule has 2 heterocycles. The SMILES string of the molecule is CN=C(NCCOc1ccc(F)cc1F)NC1CC2CCC1O2. The Bertz CT molecular complexity index is 582. The molecule has 126 valence electrons. The summed E-state index contributed by atoms with van der Waals surface area (Å²) in [5, 5.41) is 6.47. The van der Waals surface area contributed by atoms with E-state index in [1.165, 1.54) is 12.1 Å². The lowest BCUT2D eigenvalue weighted by atomic mass is 9.96. The maximum Gasteiger partial charge on any atom is 0.191 e. The molecule has 0 amide bonds. The van der Waals surface area contributed by atoms with Gasteiger partial charge in [-0.1, -0.05) is 0 Å². The first kappa shape index (κ1) is 16.0. The van der Waals surface area contributed by atoms with Gasteiger partial charge in [0.15, 0.2) is 17.5 Å². The Morgan fingerprint density at radius 1 is 1.39 bits per heavy atom. The van der Waals surface area contributed by atoms with E-state index >= 15 is 0 Å². The van der Waals surface area contributed by atoms with Gasteiger partial charge in [-0.2, -0.15) is 0 Å². The van der Waals surface area contributed by atoms with Gasteiger partial charge in [-0.05, 0) is 31.4 Å². The molecular weight excluding hydrogens is 304 g/mol. The lowest BCUT2D eigenvalue weighted by molar-refractivity contribution is 0.0992. The predicted octanol–water partition coefficient (Wildman–Crippen LogP) is 1.83. The average molecular weight is 325 g/mol. The first-order valence-electron chi connectivity index (χ1n) is 7.86. The number of nitrogens with zero attached hydrogens (tertiary/aromatic N) is 1. The maximum absolute atomic E-state index is 13.4. The van der Waals surface area contributed by atoms with E-state index in [-0.39, 0.29) is 24.5 Å². The lowest BCUT2D eigenvalue weighted by Gasteiger charge is -2.22. The van der Waals surface area contributed by atoms with Crippen molar-refractivity contribution >= 4 is 5.96 Å². The molecule has 0 aliphatic carbocycles. The second-order valence-electron chi connectivity index (χ2n) is 5.78. The summed E-state index contributed by atoms with van der Waals surface area (Å²) in [6, 6.07) is 3.54. The number of benzene rings is 1. The van der Waals surface area contributed by atoms with Gasteiger partial charge >= 0.3 is 0 Å². The van der Waals surface area contributed by atoms with Gasteiger partial charge in [-0.3, -0.25) is 4.99 Å². The van der Waals surface area contributed by atoms with Gasteiger partial charge in [-0.15, -0.1) is 0 Å². The van der Waals surface area contributed by atoms with E-state index in [4.69, 9.17) is 9.47 Å². The fourth-order valence-electron chi connectivity index (χ4n) is 3.08. The number of ether oxygens (including phenoxy) is 2. The van der Waals surface area contributed by atoms with Crippen molar-refractivity contribution in [1.29, 1.82) is 0 Å². The van der Waals surface area contributed by atoms with Crippen molar-refractivity contribution in [3.05, 3.63) is 29.8 Å². The molecule has 5 nitrogen and oxygen atoms in total. The summed E-state index contributed by atoms with van der Waals surface area (Å²) < 4.78 is 37.3. The van der Waals surface area contributed by atoms with Crippen LogP contribution in [0, 0.1) is 11.6 Å². The summed E-state index contributed by atoms with van der Waals surface area (Å²) >= 11 is 0. The van der Waals surface area contributed by atoms with E-state index in [0.29, 0.717) is 18.6 Å². The molecule has 0 spiro atoms. The van der Waals surface area contributed by atoms with Crippen LogP contribution in [0.25, 0.3) is 0 Å². The van der Waals surface area contributed by atoms with Crippen LogP contribution in [0.2, 0.25) is 0 Å². The molecule has 3 atom stereocenters. The third kappa shape index (κ3) is 3.90. The lowest BCUT2D eigenvalue weighted by Crippen LogP contribution is -2.48. The molecule has 2 fully saturated rings. The van der Waals surface area contributed by atoms with Crippen LogP contribution < -0.4 is 15.4 Å². The normalized spacial score (nSPS) is 26.4. The van der Waals surface area contributed by atoms with Crippen molar-refractivity contribution in [3.8, 4) is 5.75 Å². The van der Waals surface area contributed by atoms with E-state index in [1.807, 2.05) is 0 Å². The van der Waals surface area contributed by atoms with E-state index in [9.17, 15) is 8.78 Å². The number of halogens is 2. The molecule has 2 N–H and O–H groups in total. The molecular formula is C16H21F2N3O2. The molecule has 0 saturated carbocycles. The Kier molecular flexibility index (Phi) is 4.95. The van der Waals surface area contributed by atoms with Gasteiger partial charge in [0.2, 0.25) is 0 Å². The third-order valence-electron chi connectivity index (χ3n) is 4.20. The Morgan fingerprint density at radius 2 is 2.26 bits per heavy atom. The van der Waals surface area contributed by atoms with Crippen LogP contribution in [-0.2, 0) is 4.74 Å². The van der Waals surface area contributed by atoms with E-state index in [0.717, 1.165) is 25.3 Å². The second kappa shape index (κ2) is 7.12. The van der Waals surface area contributed by atoms with Crippen molar-refractivity contribution in [1.82, 2.24) is 10.6 Å². The van der Waals surface area contributed by atoms with Crippen LogP contribution >= 0.6 is 0 Å². The van der Waals surface area contributed by atoms with E-state index < -0.39 is 11.6 Å². The summed E-state index contributed by atoms with van der Waals surface area (Å²) in [5.74, 6) is -0.607. The summed E-state index contributed by atoms with van der Waals surface area (Å²) in [6.07, 6.45) is 3.88. The zero-order chi connectivity index (χ0) is 16.2. The van der Waals surface area contributed by atoms with Crippen LogP contribution in [0.4, 0.5) is 8.78 Å². The molecule has 2 aliphatic heterocycles. The quantitative estimate of drug-likeness (QED) is 0.493. The fourth-order valence-corrected chi connectivity index (χ4v) is 3.08. The number of rotatable bonds is 5. The van der Waals surface area contributed by atoms with Gasteiger partial charge in [0.1, 0.15) is 12.4 Å². The number of hydrogen-bond donors (Lipinski definition) is 2. The number of aliphatic imine (C=N–C) groups is 1. The van der Waals surface area contributed by atoms with Gasteiger partial charge < -0.3 is 20.1 Å². The highest BCUT2D eigenvalue weighted by molar-refractivity contribution is 5.80. The molecule has 2 aliphatic rings. The zero-order valence-electron chi connectivity index (χ0n) is 13.0. The van der Waals surface area contributed by atoms with Gasteiger partial charge in [-0.25, -0.2) is 8.78 Å². The Labute approximate surface area is 134 Å². The highest BCUT2D eigenvalue weighted by atomic mass is 19.1. The standard InChI is InChI=1S/C16H21F2N3O2/c1-19-16(21-13-9-11-3-5-15(13)23-11)20-6-7-22-14-4-2-10(17)8-12(14)18/h2,4,8,11,13,15H,3,5-7,9H2,1H3,(H2,19,20,21). The second-order valence-corrected chi connectivity index (χ2v) is 5.78. The minimum atomic E-state index is -0.702. The molecule has 0 aromatic heterocycles. The summed E-state index contributed by atoms with van der Waals surface area (Å²) in [4.78, 5) is 4.17. The van der Waals surface area contributed by atoms with E-state index in [1.54, 1.807) is 7.05 Å². The van der Waals surface area contributed by atoms with Crippen LogP contribution in [0.15, 0.2) is 23.2 Å². The first-order chi connectivity index (χ1) is 11.2. The molecule has 2 saturated heterocycles. The average Bonchev–Trinajstić information content (AvgIpc) is 3.14. The van der Waals surface area contributed by atoms with Crippen molar-refractivity contribution in [2.75, 3.05) is 20.2 Å². The Hall–Kier alpha value is -1.89. The summed E-state index contributed by atoms with van der Waals surface area (Å²) in [6.45, 7) is 0.703. The van der Waals surface area contributed by atoms with Crippen molar-refractivity contribution in [3.63, 3.8) is 0 Å². The number of nitrogens with one attached hydrogen (secondary N) is 2. The third-order valence-corrected chi connectivity index (χ3v) is 4.20. The zero-order valence-corrected chi connectivity index (χ0v) is 13.0. The fraction of sp³-hybridized carbons (Fsp3) is 0.562. The smallest absolute Gasteiger partial charge is 0.191 e. The summed E-state index contributed by atoms with van der Waals surface area (Å²) in [5.41, 5.74) is 0. The van der Waals surface area contributed by atoms with Crippen molar-refractivity contribution in [2.24, 2.45) is 4.99 Å². The highest BCUT2D eigenvalue weighted by Gasteiger charge is 2.41. The molecule has 0 radical (unpaired) electrons. The molecule has 2 bridgehead atoms. The van der Waals surface area contributed by atoms with Crippen LogP contribution in [-0.4, -0.2) is 44.4 Å².